The molecule has 0 spiro atoms. The van der Waals surface area contributed by atoms with Gasteiger partial charge in [-0.05, 0) is 83.2 Å². The van der Waals surface area contributed by atoms with Crippen LogP contribution in [0.3, 0.4) is 0 Å². The summed E-state index contributed by atoms with van der Waals surface area (Å²) in [5, 5.41) is 5.49. The largest absolute Gasteiger partial charge is 0.334 e. The Morgan fingerprint density at radius 1 is 1.16 bits per heavy atom. The lowest BCUT2D eigenvalue weighted by atomic mass is 10.0. The van der Waals surface area contributed by atoms with Gasteiger partial charge in [-0.2, -0.15) is 0 Å². The summed E-state index contributed by atoms with van der Waals surface area (Å²) in [6.45, 7) is 6.30. The van der Waals surface area contributed by atoms with E-state index in [1.807, 2.05) is 30.3 Å². The number of aromatic nitrogens is 1. The molecule has 160 valence electrons. The van der Waals surface area contributed by atoms with E-state index in [1.54, 1.807) is 0 Å². The molecule has 1 aliphatic heterocycles. The molecule has 1 aliphatic carbocycles. The summed E-state index contributed by atoms with van der Waals surface area (Å²) in [7, 11) is 4.38. The summed E-state index contributed by atoms with van der Waals surface area (Å²) in [5.74, 6) is 3.30. The minimum Gasteiger partial charge on any atom is -0.334 e. The Bertz CT molecular complexity index is 1140. The van der Waals surface area contributed by atoms with Gasteiger partial charge in [0.1, 0.15) is 0 Å². The highest BCUT2D eigenvalue weighted by Gasteiger charge is 2.20. The quantitative estimate of drug-likeness (QED) is 0.603. The normalized spacial score (nSPS) is 16.5. The molecular weight excluding hydrogens is 380 g/mol. The Hall–Kier alpha value is -2.96. The van der Waals surface area contributed by atoms with Gasteiger partial charge in [-0.1, -0.05) is 24.3 Å². The van der Waals surface area contributed by atoms with Crippen LogP contribution in [0.15, 0.2) is 54.1 Å². The van der Waals surface area contributed by atoms with Gasteiger partial charge >= 0.3 is 0 Å². The highest BCUT2D eigenvalue weighted by Crippen LogP contribution is 2.15. The highest BCUT2D eigenvalue weighted by molar-refractivity contribution is 5.52. The minimum atomic E-state index is 0.711. The van der Waals surface area contributed by atoms with Crippen molar-refractivity contribution in [2.75, 3.05) is 39.0 Å². The fourth-order valence-electron chi connectivity index (χ4n) is 4.37. The Morgan fingerprint density at radius 2 is 1.94 bits per heavy atom. The van der Waals surface area contributed by atoms with E-state index in [9.17, 15) is 0 Å². The number of piperidine rings is 1. The topological polar surface area (TPSA) is 23.4 Å². The molecule has 4 heteroatoms. The summed E-state index contributed by atoms with van der Waals surface area (Å²) >= 11 is 0. The average molecular weight is 413 g/mol. The molecule has 0 bridgehead atoms. The lowest BCUT2D eigenvalue weighted by Crippen LogP contribution is -2.42. The van der Waals surface area contributed by atoms with E-state index >= 15 is 0 Å². The third kappa shape index (κ3) is 5.21. The number of allylic oxidation sites excluding steroid dienone is 1. The molecular formula is C27H32N4. The lowest BCUT2D eigenvalue weighted by Gasteiger charge is -2.35. The van der Waals surface area contributed by atoms with Crippen molar-refractivity contribution in [2.45, 2.75) is 32.4 Å². The predicted molar refractivity (Wildman–Crippen MR) is 130 cm³/mol. The van der Waals surface area contributed by atoms with Crippen LogP contribution in [0.1, 0.15) is 25.5 Å². The molecule has 4 nitrogen and oxygen atoms in total. The zero-order valence-electron chi connectivity index (χ0n) is 18.9. The van der Waals surface area contributed by atoms with Crippen molar-refractivity contribution in [1.29, 1.82) is 0 Å². The highest BCUT2D eigenvalue weighted by atomic mass is 15.2. The minimum absolute atomic E-state index is 0.711. The van der Waals surface area contributed by atoms with Crippen LogP contribution in [0.4, 0.5) is 5.69 Å². The Kier molecular flexibility index (Phi) is 6.79. The van der Waals surface area contributed by atoms with E-state index in [0.717, 1.165) is 42.8 Å². The summed E-state index contributed by atoms with van der Waals surface area (Å²) in [6.07, 6.45) is 9.03. The van der Waals surface area contributed by atoms with Crippen LogP contribution in [0, 0.1) is 12.0 Å². The van der Waals surface area contributed by atoms with Crippen molar-refractivity contribution in [3.63, 3.8) is 0 Å². The van der Waals surface area contributed by atoms with Gasteiger partial charge in [0.25, 0.3) is 0 Å². The molecule has 0 amide bonds. The molecule has 0 radical (unpaired) electrons. The molecule has 1 saturated heterocycles. The van der Waals surface area contributed by atoms with Crippen LogP contribution >= 0.6 is 0 Å². The van der Waals surface area contributed by atoms with E-state index in [0.29, 0.717) is 6.04 Å². The van der Waals surface area contributed by atoms with Gasteiger partial charge in [-0.3, -0.25) is 4.90 Å². The fourth-order valence-corrected chi connectivity index (χ4v) is 4.37. The first kappa shape index (κ1) is 21.3. The maximum Gasteiger partial charge on any atom is 0.0955 e. The third-order valence-corrected chi connectivity index (χ3v) is 6.15. The number of likely N-dealkylation sites (tertiary alicyclic amines) is 1. The maximum absolute atomic E-state index is 3.68. The predicted octanol–water partition coefficient (Wildman–Crippen LogP) is 2.61. The van der Waals surface area contributed by atoms with E-state index in [4.69, 9.17) is 0 Å². The molecule has 2 heterocycles. The second-order valence-corrected chi connectivity index (χ2v) is 8.46. The van der Waals surface area contributed by atoms with Crippen LogP contribution in [-0.4, -0.2) is 54.1 Å². The van der Waals surface area contributed by atoms with E-state index in [2.05, 4.69) is 82.7 Å². The Balaban J connectivity index is 1.57. The summed E-state index contributed by atoms with van der Waals surface area (Å²) < 4.78 is 2.26. The number of nitrogens with zero attached hydrogens (tertiary/aromatic N) is 3. The molecule has 2 aliphatic rings. The summed E-state index contributed by atoms with van der Waals surface area (Å²) in [6, 6.07) is 16.0. The van der Waals surface area contributed by atoms with Gasteiger partial charge in [0.05, 0.1) is 11.0 Å². The molecule has 1 N–H and O–H groups in total. The monoisotopic (exact) mass is 412 g/mol. The first-order chi connectivity index (χ1) is 15.1. The summed E-state index contributed by atoms with van der Waals surface area (Å²) in [4.78, 5) is 4.91. The molecule has 31 heavy (non-hydrogen) atoms. The van der Waals surface area contributed by atoms with Crippen molar-refractivity contribution in [2.24, 2.45) is 0 Å². The Morgan fingerprint density at radius 3 is 2.65 bits per heavy atom. The molecule has 1 fully saturated rings. The number of hydrogen-bond donors (Lipinski definition) is 1. The van der Waals surface area contributed by atoms with Crippen molar-refractivity contribution in [1.82, 2.24) is 14.4 Å². The molecule has 1 aromatic carbocycles. The zero-order chi connectivity index (χ0) is 21.6. The van der Waals surface area contributed by atoms with Gasteiger partial charge < -0.3 is 14.8 Å². The number of hydrogen-bond acceptors (Lipinski definition) is 3. The van der Waals surface area contributed by atoms with Crippen LogP contribution in [-0.2, 0) is 6.54 Å². The van der Waals surface area contributed by atoms with Gasteiger partial charge in [0.2, 0.25) is 0 Å². The number of rotatable bonds is 5. The lowest BCUT2D eigenvalue weighted by molar-refractivity contribution is 0.154. The second-order valence-electron chi connectivity index (χ2n) is 8.46. The number of benzene rings is 1. The third-order valence-electron chi connectivity index (χ3n) is 6.15. The first-order valence-corrected chi connectivity index (χ1v) is 11.2. The standard InChI is InChI=1S/C27H32N4/c1-4-31-26(13-16-28-24-10-6-5-7-11-24)20-23-19-22(9-8-12-27(23)31)21-30-17-14-25(15-18-30)29(2)3/h5-12,20,25,28H,4,14-15,17-18,21H2,1-3H3. The van der Waals surface area contributed by atoms with Crippen molar-refractivity contribution >= 4 is 17.5 Å². The molecule has 0 saturated carbocycles. The van der Waals surface area contributed by atoms with Gasteiger partial charge in [-0.15, -0.1) is 5.73 Å². The fraction of sp³-hybridized carbons (Fsp3) is 0.370. The second kappa shape index (κ2) is 9.90. The number of nitrogens with one attached hydrogen (secondary N) is 1. The molecule has 4 rings (SSSR count). The van der Waals surface area contributed by atoms with Crippen molar-refractivity contribution < 1.29 is 0 Å². The molecule has 0 unspecified atom stereocenters. The Labute approximate surface area is 185 Å². The first-order valence-electron chi connectivity index (χ1n) is 11.2. The van der Waals surface area contributed by atoms with Gasteiger partial charge in [0, 0.05) is 41.7 Å². The van der Waals surface area contributed by atoms with Gasteiger partial charge in [0.15, 0.2) is 0 Å². The van der Waals surface area contributed by atoms with Crippen molar-refractivity contribution in [3.8, 4) is 12.0 Å². The van der Waals surface area contributed by atoms with Crippen LogP contribution < -0.4 is 15.9 Å². The van der Waals surface area contributed by atoms with Crippen molar-refractivity contribution in [3.05, 3.63) is 70.4 Å². The molecule has 0 atom stereocenters. The molecule has 1 aromatic heterocycles. The summed E-state index contributed by atoms with van der Waals surface area (Å²) in [5.41, 5.74) is 6.95. The van der Waals surface area contributed by atoms with Gasteiger partial charge in [-0.25, -0.2) is 0 Å². The zero-order valence-corrected chi connectivity index (χ0v) is 18.9. The number of anilines is 1. The number of para-hydroxylation sites is 1. The smallest absolute Gasteiger partial charge is 0.0955 e. The van der Waals surface area contributed by atoms with E-state index in [1.165, 1.54) is 23.8 Å². The SMILES string of the molecule is CCn1c(C#CNc2ccccc2)cc2c1=CC=CC(CN1CCC(N(C)C)CC1)=C=2. The van der Waals surface area contributed by atoms with Crippen LogP contribution in [0.25, 0.3) is 11.8 Å². The van der Waals surface area contributed by atoms with Crippen LogP contribution in [0.5, 0.6) is 0 Å². The van der Waals surface area contributed by atoms with E-state index < -0.39 is 0 Å². The number of fused-ring (bicyclic) bond motifs is 1. The average Bonchev–Trinajstić information content (AvgIpc) is 2.98. The molecule has 2 aromatic rings. The van der Waals surface area contributed by atoms with Crippen LogP contribution in [0.2, 0.25) is 0 Å². The maximum atomic E-state index is 3.68. The van der Waals surface area contributed by atoms with E-state index in [-0.39, 0.29) is 0 Å².